The molecule has 6 nitrogen and oxygen atoms in total. The van der Waals surface area contributed by atoms with E-state index in [4.69, 9.17) is 9.47 Å². The molecule has 156 valence electrons. The fraction of sp³-hybridized carbons (Fsp3) is 0.333. The van der Waals surface area contributed by atoms with Crippen LogP contribution in [-0.4, -0.2) is 24.6 Å². The van der Waals surface area contributed by atoms with Gasteiger partial charge in [-0.3, -0.25) is 9.59 Å². The average Bonchev–Trinajstić information content (AvgIpc) is 3.21. The van der Waals surface area contributed by atoms with Gasteiger partial charge < -0.3 is 20.1 Å². The van der Waals surface area contributed by atoms with Gasteiger partial charge in [0.15, 0.2) is 11.5 Å². The van der Waals surface area contributed by atoms with Crippen LogP contribution < -0.4 is 20.1 Å². The Balaban J connectivity index is 1.65. The highest BCUT2D eigenvalue weighted by molar-refractivity contribution is 5.90. The Bertz CT molecular complexity index is 941. The van der Waals surface area contributed by atoms with E-state index in [2.05, 4.69) is 16.7 Å². The maximum absolute atomic E-state index is 13.3. The van der Waals surface area contributed by atoms with Crippen LogP contribution in [0.2, 0.25) is 0 Å². The van der Waals surface area contributed by atoms with E-state index in [1.54, 1.807) is 0 Å². The average molecular weight is 406 g/mol. The van der Waals surface area contributed by atoms with E-state index in [-0.39, 0.29) is 37.1 Å². The molecule has 0 spiro atoms. The highest BCUT2D eigenvalue weighted by Crippen LogP contribution is 2.35. The molecule has 0 aliphatic carbocycles. The molecule has 2 heterocycles. The smallest absolute Gasteiger partial charge is 0.231 e. The third-order valence-electron chi connectivity index (χ3n) is 5.46. The van der Waals surface area contributed by atoms with Crippen molar-refractivity contribution in [2.45, 2.75) is 44.2 Å². The van der Waals surface area contributed by atoms with Gasteiger partial charge in [0, 0.05) is 12.5 Å². The minimum atomic E-state index is -0.557. The SMILES string of the molecule is C[C@H]1C/C=C\C[C@@H](c2ccc3c(c2)OCO3)NC(=O)[C@H](c2ccccc2)CC(=O)N1. The summed E-state index contributed by atoms with van der Waals surface area (Å²) in [7, 11) is 0. The molecule has 0 radical (unpaired) electrons. The van der Waals surface area contributed by atoms with Crippen LogP contribution in [0.1, 0.15) is 49.3 Å². The second-order valence-electron chi connectivity index (χ2n) is 7.75. The lowest BCUT2D eigenvalue weighted by molar-refractivity contribution is -0.128. The first-order valence-electron chi connectivity index (χ1n) is 10.3. The predicted octanol–water partition coefficient (Wildman–Crippen LogP) is 3.60. The number of fused-ring (bicyclic) bond motifs is 1. The molecule has 30 heavy (non-hydrogen) atoms. The van der Waals surface area contributed by atoms with Gasteiger partial charge in [-0.2, -0.15) is 0 Å². The summed E-state index contributed by atoms with van der Waals surface area (Å²) < 4.78 is 10.9. The largest absolute Gasteiger partial charge is 0.454 e. The first-order valence-corrected chi connectivity index (χ1v) is 10.3. The van der Waals surface area contributed by atoms with E-state index in [9.17, 15) is 9.59 Å². The molecule has 2 N–H and O–H groups in total. The monoisotopic (exact) mass is 406 g/mol. The fourth-order valence-corrected chi connectivity index (χ4v) is 3.84. The molecule has 6 heteroatoms. The molecule has 2 aliphatic heterocycles. The number of carbonyl (C=O) groups is 2. The molecule has 0 aromatic heterocycles. The van der Waals surface area contributed by atoms with E-state index in [1.807, 2.05) is 61.5 Å². The number of amides is 2. The Morgan fingerprint density at radius 2 is 1.63 bits per heavy atom. The summed E-state index contributed by atoms with van der Waals surface area (Å²) >= 11 is 0. The Morgan fingerprint density at radius 3 is 2.47 bits per heavy atom. The Hall–Kier alpha value is -3.28. The zero-order chi connectivity index (χ0) is 20.9. The normalized spacial score (nSPS) is 25.4. The molecule has 0 bridgehead atoms. The first-order chi connectivity index (χ1) is 14.6. The molecule has 0 saturated heterocycles. The van der Waals surface area contributed by atoms with Gasteiger partial charge in [0.2, 0.25) is 18.6 Å². The number of nitrogens with one attached hydrogen (secondary N) is 2. The van der Waals surface area contributed by atoms with Crippen LogP contribution in [-0.2, 0) is 9.59 Å². The number of hydrogen-bond donors (Lipinski definition) is 2. The molecule has 0 unspecified atom stereocenters. The van der Waals surface area contributed by atoms with Crippen molar-refractivity contribution in [1.29, 1.82) is 0 Å². The topological polar surface area (TPSA) is 76.7 Å². The van der Waals surface area contributed by atoms with Gasteiger partial charge in [-0.25, -0.2) is 0 Å². The Kier molecular flexibility index (Phi) is 6.02. The third-order valence-corrected chi connectivity index (χ3v) is 5.46. The van der Waals surface area contributed by atoms with Gasteiger partial charge >= 0.3 is 0 Å². The lowest BCUT2D eigenvalue weighted by atomic mass is 9.92. The lowest BCUT2D eigenvalue weighted by Gasteiger charge is -2.24. The van der Waals surface area contributed by atoms with Crippen LogP contribution in [0, 0.1) is 0 Å². The maximum Gasteiger partial charge on any atom is 0.231 e. The van der Waals surface area contributed by atoms with Crippen LogP contribution in [0.15, 0.2) is 60.7 Å². The standard InChI is InChI=1S/C24H26N2O4/c1-16-7-5-6-10-20(18-11-12-21-22(13-18)30-15-29-21)26-24(28)19(14-23(27)25-16)17-8-3-2-4-9-17/h2-6,8-9,11-13,16,19-20H,7,10,14-15H2,1H3,(H,25,27)(H,26,28)/b6-5-/t16-,19-,20-/m0/s1. The maximum atomic E-state index is 13.3. The van der Waals surface area contributed by atoms with Crippen LogP contribution in [0.3, 0.4) is 0 Å². The second-order valence-corrected chi connectivity index (χ2v) is 7.75. The van der Waals surface area contributed by atoms with E-state index < -0.39 is 5.92 Å². The minimum absolute atomic E-state index is 0.0108. The summed E-state index contributed by atoms with van der Waals surface area (Å²) in [5.74, 6) is 0.546. The van der Waals surface area contributed by atoms with Crippen molar-refractivity contribution in [1.82, 2.24) is 10.6 Å². The minimum Gasteiger partial charge on any atom is -0.454 e. The van der Waals surface area contributed by atoms with Gasteiger partial charge in [-0.15, -0.1) is 0 Å². The van der Waals surface area contributed by atoms with Gasteiger partial charge in [-0.05, 0) is 43.0 Å². The highest BCUT2D eigenvalue weighted by atomic mass is 16.7. The number of ether oxygens (including phenoxy) is 2. The van der Waals surface area contributed by atoms with E-state index in [1.165, 1.54) is 0 Å². The van der Waals surface area contributed by atoms with Crippen molar-refractivity contribution in [2.75, 3.05) is 6.79 Å². The van der Waals surface area contributed by atoms with Crippen LogP contribution in [0.25, 0.3) is 0 Å². The van der Waals surface area contributed by atoms with E-state index in [0.717, 1.165) is 17.5 Å². The molecule has 0 saturated carbocycles. The van der Waals surface area contributed by atoms with Crippen molar-refractivity contribution < 1.29 is 19.1 Å². The van der Waals surface area contributed by atoms with Crippen LogP contribution in [0.5, 0.6) is 11.5 Å². The molecule has 2 aliphatic rings. The zero-order valence-electron chi connectivity index (χ0n) is 17.0. The molecule has 3 atom stereocenters. The summed E-state index contributed by atoms with van der Waals surface area (Å²) in [5, 5.41) is 6.14. The number of benzene rings is 2. The molecule has 4 rings (SSSR count). The summed E-state index contributed by atoms with van der Waals surface area (Å²) in [6, 6.07) is 15.0. The molecule has 2 aromatic rings. The summed E-state index contributed by atoms with van der Waals surface area (Å²) in [6.45, 7) is 2.18. The number of rotatable bonds is 2. The Morgan fingerprint density at radius 1 is 0.867 bits per heavy atom. The fourth-order valence-electron chi connectivity index (χ4n) is 3.84. The summed E-state index contributed by atoms with van der Waals surface area (Å²) in [5.41, 5.74) is 1.77. The molecule has 2 aromatic carbocycles. The van der Waals surface area contributed by atoms with Gasteiger partial charge in [-0.1, -0.05) is 48.6 Å². The van der Waals surface area contributed by atoms with Crippen molar-refractivity contribution >= 4 is 11.8 Å². The van der Waals surface area contributed by atoms with Crippen LogP contribution >= 0.6 is 0 Å². The molecular weight excluding hydrogens is 380 g/mol. The van der Waals surface area contributed by atoms with Gasteiger partial charge in [0.05, 0.1) is 12.0 Å². The molecule has 0 fully saturated rings. The summed E-state index contributed by atoms with van der Waals surface area (Å²) in [6.07, 6.45) is 5.60. The molecular formula is C24H26N2O4. The Labute approximate surface area is 176 Å². The highest BCUT2D eigenvalue weighted by Gasteiger charge is 2.27. The van der Waals surface area contributed by atoms with Crippen molar-refractivity contribution in [2.24, 2.45) is 0 Å². The lowest BCUT2D eigenvalue weighted by Crippen LogP contribution is -2.38. The quantitative estimate of drug-likeness (QED) is 0.747. The van der Waals surface area contributed by atoms with Gasteiger partial charge in [0.1, 0.15) is 0 Å². The van der Waals surface area contributed by atoms with E-state index >= 15 is 0 Å². The second kappa shape index (κ2) is 9.03. The number of hydrogen-bond acceptors (Lipinski definition) is 4. The third kappa shape index (κ3) is 4.64. The predicted molar refractivity (Wildman–Crippen MR) is 113 cm³/mol. The van der Waals surface area contributed by atoms with E-state index in [0.29, 0.717) is 17.9 Å². The van der Waals surface area contributed by atoms with Crippen molar-refractivity contribution in [3.63, 3.8) is 0 Å². The van der Waals surface area contributed by atoms with Gasteiger partial charge in [0.25, 0.3) is 0 Å². The van der Waals surface area contributed by atoms with Crippen molar-refractivity contribution in [3.8, 4) is 11.5 Å². The van der Waals surface area contributed by atoms with Crippen LogP contribution in [0.4, 0.5) is 0 Å². The summed E-state index contributed by atoms with van der Waals surface area (Å²) in [4.78, 5) is 25.9. The molecule has 2 amide bonds. The first kappa shape index (κ1) is 20.0. The van der Waals surface area contributed by atoms with Crippen molar-refractivity contribution in [3.05, 3.63) is 71.8 Å². The number of carbonyl (C=O) groups excluding carboxylic acids is 2. The zero-order valence-corrected chi connectivity index (χ0v) is 17.0.